The molecule has 2 rings (SSSR count). The quantitative estimate of drug-likeness (QED) is 0.867. The highest BCUT2D eigenvalue weighted by Gasteiger charge is 2.17. The fourth-order valence-electron chi connectivity index (χ4n) is 2.13. The first-order chi connectivity index (χ1) is 9.20. The molecule has 19 heavy (non-hydrogen) atoms. The zero-order valence-electron chi connectivity index (χ0n) is 11.0. The van der Waals surface area contributed by atoms with Crippen LogP contribution in [0.3, 0.4) is 0 Å². The Morgan fingerprint density at radius 2 is 2.42 bits per heavy atom. The highest BCUT2D eigenvalue weighted by Crippen LogP contribution is 2.23. The Labute approximate surface area is 112 Å². The van der Waals surface area contributed by atoms with Crippen molar-refractivity contribution in [1.82, 2.24) is 5.32 Å². The number of hydrogen-bond donors (Lipinski definition) is 2. The second-order valence-electron chi connectivity index (χ2n) is 4.68. The first-order valence-corrected chi connectivity index (χ1v) is 6.43. The second-order valence-corrected chi connectivity index (χ2v) is 4.68. The van der Waals surface area contributed by atoms with Gasteiger partial charge in [0.15, 0.2) is 0 Å². The van der Waals surface area contributed by atoms with Crippen molar-refractivity contribution in [3.63, 3.8) is 0 Å². The summed E-state index contributed by atoms with van der Waals surface area (Å²) in [5.74, 6) is 0.537. The summed E-state index contributed by atoms with van der Waals surface area (Å²) < 4.78 is 10.3. The van der Waals surface area contributed by atoms with Gasteiger partial charge in [-0.1, -0.05) is 0 Å². The van der Waals surface area contributed by atoms with E-state index in [1.165, 1.54) is 13.2 Å². The Morgan fingerprint density at radius 3 is 3.05 bits per heavy atom. The van der Waals surface area contributed by atoms with E-state index in [-0.39, 0.29) is 17.2 Å². The normalized spacial score (nSPS) is 18.9. The van der Waals surface area contributed by atoms with Crippen molar-refractivity contribution >= 4 is 5.91 Å². The molecular formula is C14H19NO4. The first kappa shape index (κ1) is 13.7. The third-order valence-electron chi connectivity index (χ3n) is 3.26. The molecule has 1 saturated heterocycles. The summed E-state index contributed by atoms with van der Waals surface area (Å²) >= 11 is 0. The maximum absolute atomic E-state index is 12.0. The number of ether oxygens (including phenoxy) is 2. The summed E-state index contributed by atoms with van der Waals surface area (Å²) in [6.45, 7) is 2.07. The van der Waals surface area contributed by atoms with Crippen LogP contribution in [-0.2, 0) is 4.74 Å². The molecule has 2 N–H and O–H groups in total. The van der Waals surface area contributed by atoms with E-state index in [0.717, 1.165) is 19.4 Å². The lowest BCUT2D eigenvalue weighted by Crippen LogP contribution is -2.33. The van der Waals surface area contributed by atoms with Crippen molar-refractivity contribution in [3.8, 4) is 11.5 Å². The highest BCUT2D eigenvalue weighted by molar-refractivity contribution is 5.96. The number of aromatic hydroxyl groups is 1. The average molecular weight is 265 g/mol. The van der Waals surface area contributed by atoms with E-state index in [1.54, 1.807) is 12.1 Å². The van der Waals surface area contributed by atoms with Gasteiger partial charge in [-0.25, -0.2) is 0 Å². The molecule has 0 aromatic heterocycles. The topological polar surface area (TPSA) is 67.8 Å². The number of carbonyl (C=O) groups is 1. The van der Waals surface area contributed by atoms with E-state index in [9.17, 15) is 9.90 Å². The summed E-state index contributed by atoms with van der Waals surface area (Å²) in [6, 6.07) is 4.64. The summed E-state index contributed by atoms with van der Waals surface area (Å²) in [7, 11) is 1.51. The maximum atomic E-state index is 12.0. The number of amides is 1. The van der Waals surface area contributed by atoms with Crippen molar-refractivity contribution in [2.24, 2.45) is 5.92 Å². The van der Waals surface area contributed by atoms with Crippen LogP contribution >= 0.6 is 0 Å². The monoisotopic (exact) mass is 265 g/mol. The highest BCUT2D eigenvalue weighted by atomic mass is 16.5. The molecule has 1 aromatic carbocycles. The zero-order chi connectivity index (χ0) is 13.7. The van der Waals surface area contributed by atoms with Gasteiger partial charge >= 0.3 is 0 Å². The molecule has 0 spiro atoms. The van der Waals surface area contributed by atoms with Crippen LogP contribution in [0.1, 0.15) is 23.2 Å². The lowest BCUT2D eigenvalue weighted by Gasteiger charge is -2.22. The van der Waals surface area contributed by atoms with Crippen LogP contribution in [0.5, 0.6) is 11.5 Å². The van der Waals surface area contributed by atoms with Crippen molar-refractivity contribution in [3.05, 3.63) is 23.8 Å². The molecule has 1 fully saturated rings. The Hall–Kier alpha value is -1.75. The number of rotatable bonds is 4. The number of methoxy groups -OCH3 is 1. The minimum absolute atomic E-state index is 0.0725. The van der Waals surface area contributed by atoms with Crippen LogP contribution in [0.25, 0.3) is 0 Å². The van der Waals surface area contributed by atoms with E-state index in [0.29, 0.717) is 24.8 Å². The van der Waals surface area contributed by atoms with Gasteiger partial charge in [-0.05, 0) is 30.9 Å². The molecule has 0 bridgehead atoms. The minimum atomic E-state index is -0.272. The molecule has 5 nitrogen and oxygen atoms in total. The molecule has 0 radical (unpaired) electrons. The van der Waals surface area contributed by atoms with E-state index in [1.807, 2.05) is 0 Å². The SMILES string of the molecule is COc1ccc(C(=O)NCC2CCCOC2)c(O)c1. The standard InChI is InChI=1S/C14H19NO4/c1-18-11-4-5-12(13(16)7-11)14(17)15-8-10-3-2-6-19-9-10/h4-5,7,10,16H,2-3,6,8-9H2,1H3,(H,15,17). The van der Waals surface area contributed by atoms with Crippen LogP contribution in [-0.4, -0.2) is 37.9 Å². The van der Waals surface area contributed by atoms with Crippen molar-refractivity contribution in [1.29, 1.82) is 0 Å². The predicted octanol–water partition coefficient (Wildman–Crippen LogP) is 1.56. The van der Waals surface area contributed by atoms with Gasteiger partial charge in [0, 0.05) is 19.2 Å². The zero-order valence-corrected chi connectivity index (χ0v) is 11.0. The van der Waals surface area contributed by atoms with Gasteiger partial charge in [0.1, 0.15) is 11.5 Å². The molecule has 0 aliphatic carbocycles. The fourth-order valence-corrected chi connectivity index (χ4v) is 2.13. The number of phenols is 1. The van der Waals surface area contributed by atoms with Crippen LogP contribution < -0.4 is 10.1 Å². The lowest BCUT2D eigenvalue weighted by molar-refractivity contribution is 0.0536. The van der Waals surface area contributed by atoms with Gasteiger partial charge in [0.2, 0.25) is 0 Å². The van der Waals surface area contributed by atoms with E-state index < -0.39 is 0 Å². The molecule has 1 unspecified atom stereocenters. The Bertz CT molecular complexity index is 441. The molecule has 0 saturated carbocycles. The molecule has 1 heterocycles. The van der Waals surface area contributed by atoms with E-state index in [2.05, 4.69) is 5.32 Å². The maximum Gasteiger partial charge on any atom is 0.255 e. The number of nitrogens with one attached hydrogen (secondary N) is 1. The third kappa shape index (κ3) is 3.61. The Balaban J connectivity index is 1.92. The summed E-state index contributed by atoms with van der Waals surface area (Å²) in [5.41, 5.74) is 0.262. The number of carbonyl (C=O) groups excluding carboxylic acids is 1. The molecule has 1 amide bonds. The van der Waals surface area contributed by atoms with E-state index in [4.69, 9.17) is 9.47 Å². The summed E-state index contributed by atoms with van der Waals surface area (Å²) in [5, 5.41) is 12.6. The predicted molar refractivity (Wildman–Crippen MR) is 70.5 cm³/mol. The van der Waals surface area contributed by atoms with Gasteiger partial charge in [-0.3, -0.25) is 4.79 Å². The fraction of sp³-hybridized carbons (Fsp3) is 0.500. The molecule has 1 aliphatic heterocycles. The molecule has 5 heteroatoms. The summed E-state index contributed by atoms with van der Waals surface area (Å²) in [6.07, 6.45) is 2.10. The van der Waals surface area contributed by atoms with Gasteiger partial charge in [-0.15, -0.1) is 0 Å². The van der Waals surface area contributed by atoms with Gasteiger partial charge in [-0.2, -0.15) is 0 Å². The average Bonchev–Trinajstić information content (AvgIpc) is 2.45. The third-order valence-corrected chi connectivity index (χ3v) is 3.26. The molecule has 1 atom stereocenters. The molecule has 1 aromatic rings. The van der Waals surface area contributed by atoms with Crippen LogP contribution in [0, 0.1) is 5.92 Å². The van der Waals surface area contributed by atoms with Gasteiger partial charge < -0.3 is 19.9 Å². The number of phenolic OH excluding ortho intramolecular Hbond substituents is 1. The molecular weight excluding hydrogens is 246 g/mol. The van der Waals surface area contributed by atoms with Gasteiger partial charge in [0.25, 0.3) is 5.91 Å². The minimum Gasteiger partial charge on any atom is -0.507 e. The van der Waals surface area contributed by atoms with E-state index >= 15 is 0 Å². The number of benzene rings is 1. The van der Waals surface area contributed by atoms with Crippen molar-refractivity contribution in [2.75, 3.05) is 26.9 Å². The van der Waals surface area contributed by atoms with Crippen LogP contribution in [0.15, 0.2) is 18.2 Å². The molecule has 104 valence electrons. The second kappa shape index (κ2) is 6.43. The molecule has 1 aliphatic rings. The number of hydrogen-bond acceptors (Lipinski definition) is 4. The van der Waals surface area contributed by atoms with Crippen LogP contribution in [0.4, 0.5) is 0 Å². The largest absolute Gasteiger partial charge is 0.507 e. The first-order valence-electron chi connectivity index (χ1n) is 6.43. The van der Waals surface area contributed by atoms with Crippen molar-refractivity contribution < 1.29 is 19.4 Å². The van der Waals surface area contributed by atoms with Gasteiger partial charge in [0.05, 0.1) is 19.3 Å². The Kier molecular flexibility index (Phi) is 4.63. The lowest BCUT2D eigenvalue weighted by atomic mass is 10.0. The smallest absolute Gasteiger partial charge is 0.255 e. The van der Waals surface area contributed by atoms with Crippen LogP contribution in [0.2, 0.25) is 0 Å². The van der Waals surface area contributed by atoms with Crippen molar-refractivity contribution in [2.45, 2.75) is 12.8 Å². The summed E-state index contributed by atoms with van der Waals surface area (Å²) in [4.78, 5) is 12.0. The Morgan fingerprint density at radius 1 is 1.58 bits per heavy atom.